The number of hydrogen-bond donors (Lipinski definition) is 0. The van der Waals surface area contributed by atoms with Crippen LogP contribution in [-0.4, -0.2) is 37.9 Å². The van der Waals surface area contributed by atoms with Crippen LogP contribution in [0.3, 0.4) is 0 Å². The molecule has 0 aromatic heterocycles. The molecule has 19 heavy (non-hydrogen) atoms. The van der Waals surface area contributed by atoms with Crippen molar-refractivity contribution in [2.24, 2.45) is 11.8 Å². The summed E-state index contributed by atoms with van der Waals surface area (Å²) in [6.07, 6.45) is 1.82. The average molecular weight is 272 g/mol. The van der Waals surface area contributed by atoms with E-state index < -0.39 is 5.92 Å². The van der Waals surface area contributed by atoms with Gasteiger partial charge in [-0.3, -0.25) is 9.59 Å². The summed E-state index contributed by atoms with van der Waals surface area (Å²) in [6, 6.07) is 0. The van der Waals surface area contributed by atoms with Crippen molar-refractivity contribution in [1.82, 2.24) is 0 Å². The number of rotatable bonds is 5. The minimum Gasteiger partial charge on any atom is -0.469 e. The van der Waals surface area contributed by atoms with Crippen molar-refractivity contribution in [3.8, 4) is 0 Å². The Morgan fingerprint density at radius 1 is 1.26 bits per heavy atom. The molecule has 0 radical (unpaired) electrons. The van der Waals surface area contributed by atoms with Gasteiger partial charge in [-0.15, -0.1) is 0 Å². The second-order valence-electron chi connectivity index (χ2n) is 5.13. The first-order chi connectivity index (χ1) is 8.97. The summed E-state index contributed by atoms with van der Waals surface area (Å²) < 4.78 is 15.4. The van der Waals surface area contributed by atoms with E-state index in [0.717, 1.165) is 12.8 Å². The van der Waals surface area contributed by atoms with Crippen LogP contribution in [0.5, 0.6) is 0 Å². The number of ether oxygens (including phenoxy) is 3. The highest BCUT2D eigenvalue weighted by atomic mass is 16.5. The van der Waals surface area contributed by atoms with Gasteiger partial charge in [0, 0.05) is 0 Å². The molecule has 0 aromatic rings. The van der Waals surface area contributed by atoms with E-state index in [2.05, 4.69) is 4.74 Å². The van der Waals surface area contributed by atoms with Crippen LogP contribution in [0.4, 0.5) is 0 Å². The number of carbonyl (C=O) groups excluding carboxylic acids is 2. The lowest BCUT2D eigenvalue weighted by Gasteiger charge is -2.35. The Morgan fingerprint density at radius 3 is 2.32 bits per heavy atom. The highest BCUT2D eigenvalue weighted by Crippen LogP contribution is 2.33. The molecule has 0 bridgehead atoms. The number of hydrogen-bond acceptors (Lipinski definition) is 5. The van der Waals surface area contributed by atoms with Crippen molar-refractivity contribution in [3.05, 3.63) is 0 Å². The maximum atomic E-state index is 12.0. The van der Waals surface area contributed by atoms with E-state index in [1.165, 1.54) is 7.11 Å². The normalized spacial score (nSPS) is 28.5. The molecule has 3 atom stereocenters. The minimum atomic E-state index is -0.429. The van der Waals surface area contributed by atoms with Crippen LogP contribution in [0.15, 0.2) is 0 Å². The SMILES string of the molecule is CCOC(=O)[C@@H](CC(=O)OC)C1C[C@@H](C)O[C@H](C)C1. The maximum Gasteiger partial charge on any atom is 0.309 e. The zero-order valence-corrected chi connectivity index (χ0v) is 12.2. The molecule has 1 rings (SSSR count). The van der Waals surface area contributed by atoms with Crippen molar-refractivity contribution >= 4 is 11.9 Å². The third-order valence-corrected chi connectivity index (χ3v) is 3.51. The predicted molar refractivity (Wildman–Crippen MR) is 69.5 cm³/mol. The molecule has 0 aliphatic carbocycles. The third-order valence-electron chi connectivity index (χ3n) is 3.51. The Balaban J connectivity index is 2.76. The van der Waals surface area contributed by atoms with Crippen molar-refractivity contribution in [2.45, 2.75) is 52.2 Å². The first kappa shape index (κ1) is 16.0. The van der Waals surface area contributed by atoms with Gasteiger partial charge in [-0.2, -0.15) is 0 Å². The van der Waals surface area contributed by atoms with E-state index in [-0.39, 0.29) is 36.5 Å². The summed E-state index contributed by atoms with van der Waals surface area (Å²) in [6.45, 7) is 6.07. The molecule has 1 heterocycles. The van der Waals surface area contributed by atoms with Gasteiger partial charge in [0.25, 0.3) is 0 Å². The highest BCUT2D eigenvalue weighted by molar-refractivity contribution is 5.80. The summed E-state index contributed by atoms with van der Waals surface area (Å²) in [4.78, 5) is 23.5. The van der Waals surface area contributed by atoms with Gasteiger partial charge >= 0.3 is 11.9 Å². The van der Waals surface area contributed by atoms with E-state index in [1.807, 2.05) is 13.8 Å². The molecule has 1 aliphatic rings. The van der Waals surface area contributed by atoms with Gasteiger partial charge in [-0.05, 0) is 39.5 Å². The van der Waals surface area contributed by atoms with Gasteiger partial charge in [0.05, 0.1) is 38.3 Å². The first-order valence-corrected chi connectivity index (χ1v) is 6.86. The van der Waals surface area contributed by atoms with E-state index in [9.17, 15) is 9.59 Å². The largest absolute Gasteiger partial charge is 0.469 e. The van der Waals surface area contributed by atoms with E-state index in [0.29, 0.717) is 6.61 Å². The van der Waals surface area contributed by atoms with Gasteiger partial charge in [0.1, 0.15) is 0 Å². The fourth-order valence-electron chi connectivity index (χ4n) is 2.74. The summed E-state index contributed by atoms with van der Waals surface area (Å²) in [5.41, 5.74) is 0. The van der Waals surface area contributed by atoms with Gasteiger partial charge < -0.3 is 14.2 Å². The summed E-state index contributed by atoms with van der Waals surface area (Å²) in [5, 5.41) is 0. The van der Waals surface area contributed by atoms with Crippen LogP contribution >= 0.6 is 0 Å². The minimum absolute atomic E-state index is 0.0828. The number of methoxy groups -OCH3 is 1. The van der Waals surface area contributed by atoms with Gasteiger partial charge in [-0.1, -0.05) is 0 Å². The predicted octanol–water partition coefficient (Wildman–Crippen LogP) is 1.93. The zero-order valence-electron chi connectivity index (χ0n) is 12.2. The van der Waals surface area contributed by atoms with Crippen molar-refractivity contribution in [1.29, 1.82) is 0 Å². The lowest BCUT2D eigenvalue weighted by molar-refractivity contribution is -0.159. The van der Waals surface area contributed by atoms with Crippen LogP contribution in [0, 0.1) is 11.8 Å². The van der Waals surface area contributed by atoms with Crippen LogP contribution in [-0.2, 0) is 23.8 Å². The van der Waals surface area contributed by atoms with Gasteiger partial charge in [-0.25, -0.2) is 0 Å². The average Bonchev–Trinajstić information content (AvgIpc) is 2.34. The molecule has 0 saturated carbocycles. The molecule has 0 unspecified atom stereocenters. The van der Waals surface area contributed by atoms with Gasteiger partial charge in [0.2, 0.25) is 0 Å². The molecular formula is C14H24O5. The first-order valence-electron chi connectivity index (χ1n) is 6.86. The Bertz CT molecular complexity index is 305. The maximum absolute atomic E-state index is 12.0. The number of esters is 2. The van der Waals surface area contributed by atoms with E-state index >= 15 is 0 Å². The Hall–Kier alpha value is -1.10. The molecule has 110 valence electrons. The van der Waals surface area contributed by atoms with Crippen molar-refractivity contribution in [2.75, 3.05) is 13.7 Å². The lowest BCUT2D eigenvalue weighted by Crippen LogP contribution is -2.37. The fraction of sp³-hybridized carbons (Fsp3) is 0.857. The second kappa shape index (κ2) is 7.48. The molecule has 5 nitrogen and oxygen atoms in total. The van der Waals surface area contributed by atoms with Crippen LogP contribution in [0.25, 0.3) is 0 Å². The van der Waals surface area contributed by atoms with Crippen LogP contribution in [0.2, 0.25) is 0 Å². The Morgan fingerprint density at radius 2 is 1.84 bits per heavy atom. The molecule has 1 aliphatic heterocycles. The second-order valence-corrected chi connectivity index (χ2v) is 5.13. The third kappa shape index (κ3) is 4.82. The van der Waals surface area contributed by atoms with E-state index in [4.69, 9.17) is 9.47 Å². The van der Waals surface area contributed by atoms with Crippen LogP contribution in [0.1, 0.15) is 40.0 Å². The molecule has 1 fully saturated rings. The molecule has 5 heteroatoms. The Kier molecular flexibility index (Phi) is 6.28. The topological polar surface area (TPSA) is 61.8 Å². The summed E-state index contributed by atoms with van der Waals surface area (Å²) in [5.74, 6) is -0.998. The summed E-state index contributed by atoms with van der Waals surface area (Å²) >= 11 is 0. The smallest absolute Gasteiger partial charge is 0.309 e. The standard InChI is InChI=1S/C14H24O5/c1-5-18-14(16)12(8-13(15)17-4)11-6-9(2)19-10(3)7-11/h9-12H,5-8H2,1-4H3/t9-,10-,12+/m1/s1. The fourth-order valence-corrected chi connectivity index (χ4v) is 2.74. The molecule has 0 amide bonds. The highest BCUT2D eigenvalue weighted by Gasteiger charge is 2.36. The number of carbonyl (C=O) groups is 2. The van der Waals surface area contributed by atoms with Crippen molar-refractivity contribution in [3.63, 3.8) is 0 Å². The molecule has 0 spiro atoms. The molecule has 1 saturated heterocycles. The van der Waals surface area contributed by atoms with Crippen molar-refractivity contribution < 1.29 is 23.8 Å². The quantitative estimate of drug-likeness (QED) is 0.716. The Labute approximate surface area is 114 Å². The zero-order chi connectivity index (χ0) is 14.4. The molecule has 0 aromatic carbocycles. The van der Waals surface area contributed by atoms with Gasteiger partial charge in [0.15, 0.2) is 0 Å². The van der Waals surface area contributed by atoms with Crippen LogP contribution < -0.4 is 0 Å². The molecular weight excluding hydrogens is 248 g/mol. The van der Waals surface area contributed by atoms with E-state index in [1.54, 1.807) is 6.92 Å². The molecule has 0 N–H and O–H groups in total. The lowest BCUT2D eigenvalue weighted by atomic mass is 9.80. The summed E-state index contributed by atoms with van der Waals surface area (Å²) in [7, 11) is 1.33. The monoisotopic (exact) mass is 272 g/mol.